The van der Waals surface area contributed by atoms with Crippen LogP contribution in [0.15, 0.2) is 24.3 Å². The number of carbonyl (C=O) groups excluding carboxylic acids is 1. The maximum Gasteiger partial charge on any atom is 0.317 e. The molecule has 0 bridgehead atoms. The Morgan fingerprint density at radius 1 is 1.00 bits per heavy atom. The van der Waals surface area contributed by atoms with Gasteiger partial charge in [-0.05, 0) is 30.5 Å². The summed E-state index contributed by atoms with van der Waals surface area (Å²) in [6.45, 7) is 4.41. The fraction of sp³-hybridized carbons (Fsp3) is 0.632. The number of piperazine rings is 1. The number of urea groups is 1. The summed E-state index contributed by atoms with van der Waals surface area (Å²) in [4.78, 5) is 16.8. The SMILES string of the molecule is O=C(NC1CCCCCC1)N1CCN(Cc2ccc(Cl)cc2)CC1. The number of amides is 2. The van der Waals surface area contributed by atoms with E-state index in [9.17, 15) is 4.79 Å². The zero-order chi connectivity index (χ0) is 16.8. The summed E-state index contributed by atoms with van der Waals surface area (Å²) in [5.41, 5.74) is 1.27. The first-order chi connectivity index (χ1) is 11.7. The van der Waals surface area contributed by atoms with Gasteiger partial charge >= 0.3 is 6.03 Å². The van der Waals surface area contributed by atoms with Crippen LogP contribution in [0.2, 0.25) is 5.02 Å². The van der Waals surface area contributed by atoms with Crippen molar-refractivity contribution in [2.24, 2.45) is 0 Å². The molecule has 1 saturated carbocycles. The molecule has 2 aliphatic rings. The zero-order valence-electron chi connectivity index (χ0n) is 14.3. The largest absolute Gasteiger partial charge is 0.335 e. The standard InChI is InChI=1S/C19H28ClN3O/c20-17-9-7-16(8-10-17)15-22-11-13-23(14-12-22)19(24)21-18-5-3-1-2-4-6-18/h7-10,18H,1-6,11-15H2,(H,21,24). The van der Waals surface area contributed by atoms with Gasteiger partial charge in [0.25, 0.3) is 0 Å². The lowest BCUT2D eigenvalue weighted by Gasteiger charge is -2.35. The average molecular weight is 350 g/mol. The number of hydrogen-bond acceptors (Lipinski definition) is 2. The molecule has 2 amide bonds. The quantitative estimate of drug-likeness (QED) is 0.840. The van der Waals surface area contributed by atoms with Crippen molar-refractivity contribution >= 4 is 17.6 Å². The van der Waals surface area contributed by atoms with E-state index in [1.165, 1.54) is 31.2 Å². The number of rotatable bonds is 3. The molecule has 0 unspecified atom stereocenters. The Balaban J connectivity index is 1.42. The lowest BCUT2D eigenvalue weighted by molar-refractivity contribution is 0.132. The summed E-state index contributed by atoms with van der Waals surface area (Å²) in [7, 11) is 0. The second-order valence-electron chi connectivity index (χ2n) is 7.03. The van der Waals surface area contributed by atoms with Crippen LogP contribution in [0, 0.1) is 0 Å². The molecule has 3 rings (SSSR count). The van der Waals surface area contributed by atoms with Gasteiger partial charge in [-0.3, -0.25) is 4.90 Å². The molecule has 0 atom stereocenters. The highest BCUT2D eigenvalue weighted by Crippen LogP contribution is 2.18. The van der Waals surface area contributed by atoms with Crippen LogP contribution >= 0.6 is 11.6 Å². The highest BCUT2D eigenvalue weighted by Gasteiger charge is 2.23. The minimum atomic E-state index is 0.132. The van der Waals surface area contributed by atoms with Gasteiger partial charge in [-0.2, -0.15) is 0 Å². The van der Waals surface area contributed by atoms with E-state index in [1.54, 1.807) is 0 Å². The van der Waals surface area contributed by atoms with E-state index < -0.39 is 0 Å². The van der Waals surface area contributed by atoms with E-state index in [0.29, 0.717) is 6.04 Å². The second-order valence-corrected chi connectivity index (χ2v) is 7.46. The first kappa shape index (κ1) is 17.6. The Labute approximate surface area is 150 Å². The van der Waals surface area contributed by atoms with Crippen LogP contribution < -0.4 is 5.32 Å². The highest BCUT2D eigenvalue weighted by molar-refractivity contribution is 6.30. The van der Waals surface area contributed by atoms with Crippen molar-refractivity contribution in [2.45, 2.75) is 51.1 Å². The molecule has 0 radical (unpaired) electrons. The highest BCUT2D eigenvalue weighted by atomic mass is 35.5. The number of nitrogens with one attached hydrogen (secondary N) is 1. The predicted molar refractivity (Wildman–Crippen MR) is 98.3 cm³/mol. The van der Waals surface area contributed by atoms with Crippen LogP contribution in [0.4, 0.5) is 4.79 Å². The smallest absolute Gasteiger partial charge is 0.317 e. The fourth-order valence-corrected chi connectivity index (χ4v) is 3.77. The number of nitrogens with zero attached hydrogens (tertiary/aromatic N) is 2. The summed E-state index contributed by atoms with van der Waals surface area (Å²) in [5.74, 6) is 0. The first-order valence-electron chi connectivity index (χ1n) is 9.23. The Morgan fingerprint density at radius 2 is 1.62 bits per heavy atom. The minimum absolute atomic E-state index is 0.132. The third-order valence-electron chi connectivity index (χ3n) is 5.16. The normalized spacial score (nSPS) is 20.6. The molecule has 0 spiro atoms. The molecule has 1 saturated heterocycles. The molecular weight excluding hydrogens is 322 g/mol. The molecule has 0 aromatic heterocycles. The van der Waals surface area contributed by atoms with Crippen LogP contribution in [-0.4, -0.2) is 48.1 Å². The molecule has 1 aliphatic heterocycles. The lowest BCUT2D eigenvalue weighted by Crippen LogP contribution is -2.53. The molecular formula is C19H28ClN3O. The number of benzene rings is 1. The molecule has 1 aliphatic carbocycles. The fourth-order valence-electron chi connectivity index (χ4n) is 3.65. The van der Waals surface area contributed by atoms with E-state index in [-0.39, 0.29) is 6.03 Å². The molecule has 2 fully saturated rings. The average Bonchev–Trinajstić information content (AvgIpc) is 2.86. The Morgan fingerprint density at radius 3 is 2.25 bits per heavy atom. The topological polar surface area (TPSA) is 35.6 Å². The molecule has 5 heteroatoms. The summed E-state index contributed by atoms with van der Waals surface area (Å²) in [6.07, 6.45) is 7.41. The Bertz CT molecular complexity index is 518. The molecule has 1 aromatic carbocycles. The van der Waals surface area contributed by atoms with Crippen molar-refractivity contribution in [1.82, 2.24) is 15.1 Å². The molecule has 1 aromatic rings. The van der Waals surface area contributed by atoms with Crippen LogP contribution in [-0.2, 0) is 6.54 Å². The van der Waals surface area contributed by atoms with Gasteiger partial charge in [-0.15, -0.1) is 0 Å². The van der Waals surface area contributed by atoms with Gasteiger partial charge in [0, 0.05) is 43.8 Å². The van der Waals surface area contributed by atoms with Crippen LogP contribution in [0.3, 0.4) is 0 Å². The molecule has 132 valence electrons. The van der Waals surface area contributed by atoms with Gasteiger partial charge in [-0.25, -0.2) is 4.79 Å². The van der Waals surface area contributed by atoms with E-state index in [0.717, 1.165) is 50.6 Å². The van der Waals surface area contributed by atoms with Crippen LogP contribution in [0.25, 0.3) is 0 Å². The van der Waals surface area contributed by atoms with Crippen LogP contribution in [0.5, 0.6) is 0 Å². The third kappa shape index (κ3) is 5.12. The van der Waals surface area contributed by atoms with Crippen molar-refractivity contribution in [2.75, 3.05) is 26.2 Å². The van der Waals surface area contributed by atoms with Crippen molar-refractivity contribution in [3.63, 3.8) is 0 Å². The summed E-state index contributed by atoms with van der Waals surface area (Å²) < 4.78 is 0. The van der Waals surface area contributed by atoms with Crippen molar-refractivity contribution in [1.29, 1.82) is 0 Å². The van der Waals surface area contributed by atoms with Gasteiger partial charge in [0.05, 0.1) is 0 Å². The maximum absolute atomic E-state index is 12.5. The maximum atomic E-state index is 12.5. The monoisotopic (exact) mass is 349 g/mol. The Hall–Kier alpha value is -1.26. The number of hydrogen-bond donors (Lipinski definition) is 1. The summed E-state index contributed by atoms with van der Waals surface area (Å²) in [6, 6.07) is 8.54. The summed E-state index contributed by atoms with van der Waals surface area (Å²) >= 11 is 5.93. The van der Waals surface area contributed by atoms with Gasteiger partial charge in [0.1, 0.15) is 0 Å². The zero-order valence-corrected chi connectivity index (χ0v) is 15.1. The number of halogens is 1. The van der Waals surface area contributed by atoms with Gasteiger partial charge in [-0.1, -0.05) is 49.4 Å². The van der Waals surface area contributed by atoms with E-state index in [1.807, 2.05) is 17.0 Å². The van der Waals surface area contributed by atoms with E-state index in [2.05, 4.69) is 22.3 Å². The number of carbonyl (C=O) groups is 1. The third-order valence-corrected chi connectivity index (χ3v) is 5.41. The Kier molecular flexibility index (Phi) is 6.38. The minimum Gasteiger partial charge on any atom is -0.335 e. The van der Waals surface area contributed by atoms with Crippen molar-refractivity contribution < 1.29 is 4.79 Å². The van der Waals surface area contributed by atoms with Gasteiger partial charge in [0.2, 0.25) is 0 Å². The molecule has 1 N–H and O–H groups in total. The predicted octanol–water partition coefficient (Wildman–Crippen LogP) is 3.89. The molecule has 4 nitrogen and oxygen atoms in total. The molecule has 24 heavy (non-hydrogen) atoms. The lowest BCUT2D eigenvalue weighted by atomic mass is 10.1. The first-order valence-corrected chi connectivity index (χ1v) is 9.61. The van der Waals surface area contributed by atoms with Crippen molar-refractivity contribution in [3.8, 4) is 0 Å². The summed E-state index contributed by atoms with van der Waals surface area (Å²) in [5, 5.41) is 4.03. The molecule has 1 heterocycles. The van der Waals surface area contributed by atoms with Crippen LogP contribution in [0.1, 0.15) is 44.1 Å². The van der Waals surface area contributed by atoms with Gasteiger partial charge < -0.3 is 10.2 Å². The van der Waals surface area contributed by atoms with Crippen molar-refractivity contribution in [3.05, 3.63) is 34.9 Å². The van der Waals surface area contributed by atoms with E-state index in [4.69, 9.17) is 11.6 Å². The van der Waals surface area contributed by atoms with Gasteiger partial charge in [0.15, 0.2) is 0 Å². The second kappa shape index (κ2) is 8.72. The van der Waals surface area contributed by atoms with E-state index >= 15 is 0 Å².